The molecule has 2 rings (SSSR count). The van der Waals surface area contributed by atoms with E-state index in [4.69, 9.17) is 5.73 Å². The Bertz CT molecular complexity index is 525. The van der Waals surface area contributed by atoms with Gasteiger partial charge in [-0.25, -0.2) is 0 Å². The first kappa shape index (κ1) is 12.8. The fraction of sp³-hybridized carbons (Fsp3) is 0.583. The zero-order valence-corrected chi connectivity index (χ0v) is 11.2. The molecule has 0 atom stereocenters. The fourth-order valence-corrected chi connectivity index (χ4v) is 2.20. The second-order valence-electron chi connectivity index (χ2n) is 4.40. The van der Waals surface area contributed by atoms with E-state index < -0.39 is 0 Å². The zero-order valence-electron chi connectivity index (χ0n) is 11.2. The molecule has 2 N–H and O–H groups in total. The Morgan fingerprint density at radius 3 is 2.61 bits per heavy atom. The molecule has 0 aliphatic carbocycles. The number of hydrogen-bond acceptors (Lipinski definition) is 4. The van der Waals surface area contributed by atoms with Crippen molar-refractivity contribution in [2.45, 2.75) is 46.8 Å². The van der Waals surface area contributed by atoms with Gasteiger partial charge in [0.1, 0.15) is 0 Å². The van der Waals surface area contributed by atoms with Gasteiger partial charge in [0.05, 0.1) is 24.5 Å². The van der Waals surface area contributed by atoms with E-state index in [1.54, 1.807) is 0 Å². The van der Waals surface area contributed by atoms with Crippen LogP contribution in [0.15, 0.2) is 6.20 Å². The number of rotatable bonds is 5. The maximum absolute atomic E-state index is 5.50. The van der Waals surface area contributed by atoms with Gasteiger partial charge in [-0.3, -0.25) is 9.36 Å². The van der Waals surface area contributed by atoms with Gasteiger partial charge in [-0.15, -0.1) is 5.10 Å². The standard InChI is InChI=1S/C12H20N6/c1-4-12-9(2)15-18(10(12)3)6-5-17-8-11(7-13)14-16-17/h8H,4-7,13H2,1-3H3. The van der Waals surface area contributed by atoms with Gasteiger partial charge in [-0.2, -0.15) is 5.10 Å². The molecule has 2 heterocycles. The molecule has 98 valence electrons. The van der Waals surface area contributed by atoms with Crippen LogP contribution in [0.4, 0.5) is 0 Å². The molecule has 0 aliphatic heterocycles. The lowest BCUT2D eigenvalue weighted by Gasteiger charge is -2.04. The third-order valence-corrected chi connectivity index (χ3v) is 3.22. The van der Waals surface area contributed by atoms with Crippen molar-refractivity contribution in [3.63, 3.8) is 0 Å². The molecule has 0 amide bonds. The van der Waals surface area contributed by atoms with E-state index in [1.165, 1.54) is 11.3 Å². The molecule has 6 nitrogen and oxygen atoms in total. The summed E-state index contributed by atoms with van der Waals surface area (Å²) in [5.41, 5.74) is 10.0. The molecule has 0 bridgehead atoms. The van der Waals surface area contributed by atoms with Crippen LogP contribution in [0, 0.1) is 13.8 Å². The van der Waals surface area contributed by atoms with Crippen LogP contribution in [0.2, 0.25) is 0 Å². The van der Waals surface area contributed by atoms with Crippen molar-refractivity contribution in [2.24, 2.45) is 5.73 Å². The number of aryl methyl sites for hydroxylation is 3. The average molecular weight is 248 g/mol. The molecule has 0 spiro atoms. The summed E-state index contributed by atoms with van der Waals surface area (Å²) >= 11 is 0. The minimum Gasteiger partial charge on any atom is -0.325 e. The molecule has 0 aliphatic rings. The highest BCUT2D eigenvalue weighted by Crippen LogP contribution is 2.13. The molecule has 0 saturated heterocycles. The van der Waals surface area contributed by atoms with Gasteiger partial charge in [-0.1, -0.05) is 12.1 Å². The minimum absolute atomic E-state index is 0.430. The monoisotopic (exact) mass is 248 g/mol. The second kappa shape index (κ2) is 5.30. The van der Waals surface area contributed by atoms with Gasteiger partial charge >= 0.3 is 0 Å². The van der Waals surface area contributed by atoms with E-state index in [1.807, 2.05) is 15.6 Å². The van der Waals surface area contributed by atoms with E-state index in [2.05, 4.69) is 36.2 Å². The molecular weight excluding hydrogens is 228 g/mol. The lowest BCUT2D eigenvalue weighted by Crippen LogP contribution is -2.10. The van der Waals surface area contributed by atoms with Crippen LogP contribution >= 0.6 is 0 Å². The highest BCUT2D eigenvalue weighted by atomic mass is 15.4. The number of hydrogen-bond donors (Lipinski definition) is 1. The molecule has 2 aromatic heterocycles. The van der Waals surface area contributed by atoms with Crippen molar-refractivity contribution in [3.05, 3.63) is 28.8 Å². The van der Waals surface area contributed by atoms with Gasteiger partial charge in [0.2, 0.25) is 0 Å². The van der Waals surface area contributed by atoms with Crippen LogP contribution < -0.4 is 5.73 Å². The maximum atomic E-state index is 5.50. The van der Waals surface area contributed by atoms with Crippen molar-refractivity contribution in [2.75, 3.05) is 0 Å². The second-order valence-corrected chi connectivity index (χ2v) is 4.40. The Morgan fingerprint density at radius 1 is 1.28 bits per heavy atom. The van der Waals surface area contributed by atoms with Gasteiger partial charge in [-0.05, 0) is 25.8 Å². The summed E-state index contributed by atoms with van der Waals surface area (Å²) in [6.45, 7) is 8.33. The van der Waals surface area contributed by atoms with Crippen molar-refractivity contribution in [3.8, 4) is 0 Å². The lowest BCUT2D eigenvalue weighted by molar-refractivity contribution is 0.481. The summed E-state index contributed by atoms with van der Waals surface area (Å²) in [5.74, 6) is 0. The Hall–Kier alpha value is -1.69. The minimum atomic E-state index is 0.430. The summed E-state index contributed by atoms with van der Waals surface area (Å²) in [6, 6.07) is 0. The number of nitrogens with two attached hydrogens (primary N) is 1. The molecule has 2 aromatic rings. The first-order valence-electron chi connectivity index (χ1n) is 6.27. The largest absolute Gasteiger partial charge is 0.325 e. The lowest BCUT2D eigenvalue weighted by atomic mass is 10.1. The smallest absolute Gasteiger partial charge is 0.0962 e. The first-order valence-corrected chi connectivity index (χ1v) is 6.27. The molecule has 6 heteroatoms. The molecular formula is C12H20N6. The van der Waals surface area contributed by atoms with Crippen LogP contribution in [-0.4, -0.2) is 24.8 Å². The summed E-state index contributed by atoms with van der Waals surface area (Å²) in [6.07, 6.45) is 2.91. The summed E-state index contributed by atoms with van der Waals surface area (Å²) in [7, 11) is 0. The number of nitrogens with zero attached hydrogens (tertiary/aromatic N) is 5. The van der Waals surface area contributed by atoms with Crippen molar-refractivity contribution in [1.29, 1.82) is 0 Å². The van der Waals surface area contributed by atoms with Gasteiger partial charge in [0.25, 0.3) is 0 Å². The van der Waals surface area contributed by atoms with E-state index >= 15 is 0 Å². The molecule has 0 radical (unpaired) electrons. The maximum Gasteiger partial charge on any atom is 0.0962 e. The van der Waals surface area contributed by atoms with Gasteiger partial charge in [0, 0.05) is 18.4 Å². The molecule has 0 aromatic carbocycles. The zero-order chi connectivity index (χ0) is 13.1. The Morgan fingerprint density at radius 2 is 2.06 bits per heavy atom. The van der Waals surface area contributed by atoms with Gasteiger partial charge in [0.15, 0.2) is 0 Å². The summed E-state index contributed by atoms with van der Waals surface area (Å²) in [4.78, 5) is 0. The van der Waals surface area contributed by atoms with E-state index in [0.29, 0.717) is 6.54 Å². The van der Waals surface area contributed by atoms with Crippen molar-refractivity contribution >= 4 is 0 Å². The predicted octanol–water partition coefficient (Wildman–Crippen LogP) is 0.813. The van der Waals surface area contributed by atoms with E-state index in [-0.39, 0.29) is 0 Å². The summed E-state index contributed by atoms with van der Waals surface area (Å²) < 4.78 is 3.85. The topological polar surface area (TPSA) is 74.5 Å². The predicted molar refractivity (Wildman–Crippen MR) is 69.0 cm³/mol. The highest BCUT2D eigenvalue weighted by Gasteiger charge is 2.09. The Kier molecular flexibility index (Phi) is 3.76. The first-order chi connectivity index (χ1) is 8.65. The molecule has 18 heavy (non-hydrogen) atoms. The average Bonchev–Trinajstić information content (AvgIpc) is 2.92. The number of aromatic nitrogens is 5. The van der Waals surface area contributed by atoms with Crippen LogP contribution in [0.3, 0.4) is 0 Å². The molecule has 0 fully saturated rings. The SMILES string of the molecule is CCc1c(C)nn(CCn2cc(CN)nn2)c1C. The fourth-order valence-electron chi connectivity index (χ4n) is 2.20. The van der Waals surface area contributed by atoms with Crippen LogP contribution in [0.5, 0.6) is 0 Å². The molecule has 0 unspecified atom stereocenters. The van der Waals surface area contributed by atoms with Crippen LogP contribution in [0.25, 0.3) is 0 Å². The van der Waals surface area contributed by atoms with Crippen molar-refractivity contribution in [1.82, 2.24) is 24.8 Å². The Balaban J connectivity index is 2.06. The normalized spacial score (nSPS) is 11.1. The van der Waals surface area contributed by atoms with Crippen molar-refractivity contribution < 1.29 is 0 Å². The third-order valence-electron chi connectivity index (χ3n) is 3.22. The third kappa shape index (κ3) is 2.43. The van der Waals surface area contributed by atoms with Crippen LogP contribution in [-0.2, 0) is 26.1 Å². The summed E-state index contributed by atoms with van der Waals surface area (Å²) in [5, 5.41) is 12.5. The van der Waals surface area contributed by atoms with Crippen LogP contribution in [0.1, 0.15) is 29.6 Å². The quantitative estimate of drug-likeness (QED) is 0.849. The van der Waals surface area contributed by atoms with E-state index in [0.717, 1.165) is 30.9 Å². The van der Waals surface area contributed by atoms with E-state index in [9.17, 15) is 0 Å². The molecule has 0 saturated carbocycles. The van der Waals surface area contributed by atoms with Gasteiger partial charge < -0.3 is 5.73 Å². The highest BCUT2D eigenvalue weighted by molar-refractivity contribution is 5.24. The Labute approximate surface area is 107 Å².